The Labute approximate surface area is 129 Å². The number of rotatable bonds is 6. The first-order valence-corrected chi connectivity index (χ1v) is 7.11. The molecule has 21 heavy (non-hydrogen) atoms. The summed E-state index contributed by atoms with van der Waals surface area (Å²) in [7, 11) is 1.40. The van der Waals surface area contributed by atoms with Crippen molar-refractivity contribution in [2.45, 2.75) is 12.6 Å². The molecule has 0 atom stereocenters. The van der Waals surface area contributed by atoms with Crippen LogP contribution < -0.4 is 10.6 Å². The molecule has 2 N–H and O–H groups in total. The molecule has 0 aliphatic heterocycles. The van der Waals surface area contributed by atoms with Crippen LogP contribution in [0.15, 0.2) is 28.7 Å². The largest absolute Gasteiger partial charge is 0.401 e. The number of halogens is 4. The third kappa shape index (κ3) is 8.56. The standard InChI is InChI=1S/C13H17BrF3N3O/c1-20(9-13(15,16)17)7-3-6-18-12(21)19-11-5-2-4-10(14)8-11/h2,4-5,8H,3,6-7,9H2,1H3,(H2,18,19,21). The zero-order valence-electron chi connectivity index (χ0n) is 11.5. The van der Waals surface area contributed by atoms with Crippen molar-refractivity contribution in [1.29, 1.82) is 0 Å². The van der Waals surface area contributed by atoms with E-state index in [1.165, 1.54) is 11.9 Å². The van der Waals surface area contributed by atoms with E-state index in [9.17, 15) is 18.0 Å². The number of nitrogens with zero attached hydrogens (tertiary/aromatic N) is 1. The maximum absolute atomic E-state index is 12.1. The van der Waals surface area contributed by atoms with Crippen LogP contribution in [0.4, 0.5) is 23.7 Å². The van der Waals surface area contributed by atoms with Crippen molar-refractivity contribution in [3.63, 3.8) is 0 Å². The van der Waals surface area contributed by atoms with E-state index in [1.54, 1.807) is 18.2 Å². The van der Waals surface area contributed by atoms with Crippen LogP contribution in [0.3, 0.4) is 0 Å². The Morgan fingerprint density at radius 1 is 1.38 bits per heavy atom. The van der Waals surface area contributed by atoms with Crippen LogP contribution in [0.5, 0.6) is 0 Å². The topological polar surface area (TPSA) is 44.4 Å². The monoisotopic (exact) mass is 367 g/mol. The first kappa shape index (κ1) is 17.8. The van der Waals surface area contributed by atoms with Crippen molar-refractivity contribution in [2.24, 2.45) is 0 Å². The lowest BCUT2D eigenvalue weighted by atomic mass is 10.3. The second-order valence-electron chi connectivity index (χ2n) is 4.60. The van der Waals surface area contributed by atoms with Crippen LogP contribution in [-0.2, 0) is 0 Å². The molecule has 0 aliphatic rings. The van der Waals surface area contributed by atoms with Gasteiger partial charge in [-0.15, -0.1) is 0 Å². The second-order valence-corrected chi connectivity index (χ2v) is 5.51. The summed E-state index contributed by atoms with van der Waals surface area (Å²) in [6.07, 6.45) is -3.75. The number of alkyl halides is 3. The summed E-state index contributed by atoms with van der Waals surface area (Å²) in [5, 5.41) is 5.23. The number of benzene rings is 1. The average molecular weight is 368 g/mol. The molecule has 0 radical (unpaired) electrons. The van der Waals surface area contributed by atoms with Gasteiger partial charge in [0.25, 0.3) is 0 Å². The van der Waals surface area contributed by atoms with Gasteiger partial charge in [0.15, 0.2) is 0 Å². The molecule has 0 aromatic heterocycles. The quantitative estimate of drug-likeness (QED) is 0.756. The van der Waals surface area contributed by atoms with Crippen molar-refractivity contribution in [2.75, 3.05) is 32.0 Å². The molecule has 0 saturated heterocycles. The number of amides is 2. The van der Waals surface area contributed by atoms with Gasteiger partial charge >= 0.3 is 12.2 Å². The highest BCUT2D eigenvalue weighted by Gasteiger charge is 2.28. The smallest absolute Gasteiger partial charge is 0.338 e. The molecular formula is C13H17BrF3N3O. The zero-order chi connectivity index (χ0) is 15.9. The van der Waals surface area contributed by atoms with Crippen LogP contribution in [0.2, 0.25) is 0 Å². The summed E-state index contributed by atoms with van der Waals surface area (Å²) in [5.74, 6) is 0. The van der Waals surface area contributed by atoms with Crippen LogP contribution in [-0.4, -0.2) is 43.8 Å². The maximum Gasteiger partial charge on any atom is 0.401 e. The first-order valence-electron chi connectivity index (χ1n) is 6.32. The molecule has 0 aliphatic carbocycles. The predicted octanol–water partition coefficient (Wildman–Crippen LogP) is 3.45. The normalized spacial score (nSPS) is 11.5. The molecule has 1 aromatic rings. The van der Waals surface area contributed by atoms with Crippen molar-refractivity contribution in [3.05, 3.63) is 28.7 Å². The number of hydrogen-bond donors (Lipinski definition) is 2. The fraction of sp³-hybridized carbons (Fsp3) is 0.462. The Hall–Kier alpha value is -1.28. The summed E-state index contributed by atoms with van der Waals surface area (Å²) >= 11 is 3.29. The molecule has 1 rings (SSSR count). The van der Waals surface area contributed by atoms with Gasteiger partial charge in [0.1, 0.15) is 0 Å². The molecule has 0 spiro atoms. The Balaban J connectivity index is 2.19. The first-order chi connectivity index (χ1) is 9.76. The van der Waals surface area contributed by atoms with E-state index in [2.05, 4.69) is 26.6 Å². The Bertz CT molecular complexity index is 468. The van der Waals surface area contributed by atoms with Crippen molar-refractivity contribution in [1.82, 2.24) is 10.2 Å². The van der Waals surface area contributed by atoms with Crippen LogP contribution in [0.25, 0.3) is 0 Å². The summed E-state index contributed by atoms with van der Waals surface area (Å²) in [4.78, 5) is 12.7. The summed E-state index contributed by atoms with van der Waals surface area (Å²) < 4.78 is 37.1. The minimum Gasteiger partial charge on any atom is -0.338 e. The van der Waals surface area contributed by atoms with E-state index < -0.39 is 12.7 Å². The van der Waals surface area contributed by atoms with Gasteiger partial charge in [0.05, 0.1) is 6.54 Å². The van der Waals surface area contributed by atoms with Crippen LogP contribution >= 0.6 is 15.9 Å². The third-order valence-corrected chi connectivity index (χ3v) is 3.03. The van der Waals surface area contributed by atoms with E-state index in [0.29, 0.717) is 18.7 Å². The molecule has 0 fully saturated rings. The predicted molar refractivity (Wildman–Crippen MR) is 79.3 cm³/mol. The van der Waals surface area contributed by atoms with E-state index in [-0.39, 0.29) is 12.6 Å². The number of hydrogen-bond acceptors (Lipinski definition) is 2. The minimum absolute atomic E-state index is 0.261. The lowest BCUT2D eigenvalue weighted by Gasteiger charge is -2.18. The van der Waals surface area contributed by atoms with Gasteiger partial charge in [-0.05, 0) is 38.2 Å². The molecule has 0 unspecified atom stereocenters. The minimum atomic E-state index is -4.19. The van der Waals surface area contributed by atoms with Gasteiger partial charge < -0.3 is 10.6 Å². The fourth-order valence-electron chi connectivity index (χ4n) is 1.68. The lowest BCUT2D eigenvalue weighted by Crippen LogP contribution is -2.34. The molecule has 0 bridgehead atoms. The number of carbonyl (C=O) groups is 1. The number of urea groups is 1. The molecule has 2 amide bonds. The average Bonchev–Trinajstić information content (AvgIpc) is 2.32. The SMILES string of the molecule is CN(CCCNC(=O)Nc1cccc(Br)c1)CC(F)(F)F. The highest BCUT2D eigenvalue weighted by atomic mass is 79.9. The number of anilines is 1. The lowest BCUT2D eigenvalue weighted by molar-refractivity contribution is -0.143. The van der Waals surface area contributed by atoms with Crippen LogP contribution in [0, 0.1) is 0 Å². The summed E-state index contributed by atoms with van der Waals surface area (Å²) in [6.45, 7) is -0.379. The molecule has 8 heteroatoms. The molecular weight excluding hydrogens is 351 g/mol. The molecule has 4 nitrogen and oxygen atoms in total. The highest BCUT2D eigenvalue weighted by molar-refractivity contribution is 9.10. The Morgan fingerprint density at radius 2 is 2.10 bits per heavy atom. The van der Waals surface area contributed by atoms with Gasteiger partial charge in [0, 0.05) is 16.7 Å². The Kier molecular flexibility index (Phi) is 6.97. The van der Waals surface area contributed by atoms with E-state index in [0.717, 1.165) is 4.47 Å². The molecule has 0 heterocycles. The highest BCUT2D eigenvalue weighted by Crippen LogP contribution is 2.16. The van der Waals surface area contributed by atoms with Crippen LogP contribution in [0.1, 0.15) is 6.42 Å². The van der Waals surface area contributed by atoms with E-state index >= 15 is 0 Å². The maximum atomic E-state index is 12.1. The number of nitrogens with one attached hydrogen (secondary N) is 2. The van der Waals surface area contributed by atoms with E-state index in [4.69, 9.17) is 0 Å². The second kappa shape index (κ2) is 8.23. The zero-order valence-corrected chi connectivity index (χ0v) is 13.1. The third-order valence-electron chi connectivity index (χ3n) is 2.53. The van der Waals surface area contributed by atoms with Crippen molar-refractivity contribution >= 4 is 27.6 Å². The van der Waals surface area contributed by atoms with Gasteiger partial charge in [-0.2, -0.15) is 13.2 Å². The fourth-order valence-corrected chi connectivity index (χ4v) is 2.08. The molecule has 0 saturated carbocycles. The van der Waals surface area contributed by atoms with Gasteiger partial charge in [-0.3, -0.25) is 4.90 Å². The van der Waals surface area contributed by atoms with Gasteiger partial charge in [0.2, 0.25) is 0 Å². The summed E-state index contributed by atoms with van der Waals surface area (Å²) in [6, 6.07) is 6.72. The van der Waals surface area contributed by atoms with Gasteiger partial charge in [-0.25, -0.2) is 4.79 Å². The van der Waals surface area contributed by atoms with Crippen molar-refractivity contribution < 1.29 is 18.0 Å². The Morgan fingerprint density at radius 3 is 2.71 bits per heavy atom. The number of carbonyl (C=O) groups excluding carboxylic acids is 1. The molecule has 1 aromatic carbocycles. The van der Waals surface area contributed by atoms with Crippen molar-refractivity contribution in [3.8, 4) is 0 Å². The van der Waals surface area contributed by atoms with E-state index in [1.807, 2.05) is 6.07 Å². The summed E-state index contributed by atoms with van der Waals surface area (Å²) in [5.41, 5.74) is 0.635. The van der Waals surface area contributed by atoms with Gasteiger partial charge in [-0.1, -0.05) is 22.0 Å². The molecule has 118 valence electrons.